The molecule has 0 fully saturated rings. The summed E-state index contributed by atoms with van der Waals surface area (Å²) in [5.41, 5.74) is 5.37. The van der Waals surface area contributed by atoms with Gasteiger partial charge in [0.15, 0.2) is 11.5 Å². The van der Waals surface area contributed by atoms with Gasteiger partial charge in [0.25, 0.3) is 0 Å². The molecule has 0 aromatic heterocycles. The number of hydrogen-bond acceptors (Lipinski definition) is 6. The lowest BCUT2D eigenvalue weighted by Gasteiger charge is -2.15. The Bertz CT molecular complexity index is 865. The maximum Gasteiger partial charge on any atom is 0.427 e. The minimum Gasteiger partial charge on any atom is -0.493 e. The topological polar surface area (TPSA) is 78.4 Å². The van der Waals surface area contributed by atoms with E-state index in [0.717, 1.165) is 17.7 Å². The quantitative estimate of drug-likeness (QED) is 0.347. The predicted octanol–water partition coefficient (Wildman–Crippen LogP) is 4.66. The Balaban J connectivity index is 1.86. The monoisotopic (exact) mass is 414 g/mol. The number of nitrogens with one attached hydrogen (secondary N) is 1. The van der Waals surface area contributed by atoms with Crippen molar-refractivity contribution in [3.63, 3.8) is 0 Å². The van der Waals surface area contributed by atoms with Gasteiger partial charge in [-0.05, 0) is 53.8 Å². The van der Waals surface area contributed by atoms with E-state index in [9.17, 15) is 4.79 Å². The van der Waals surface area contributed by atoms with Gasteiger partial charge < -0.3 is 18.9 Å². The van der Waals surface area contributed by atoms with E-state index in [-0.39, 0.29) is 0 Å². The Morgan fingerprint density at radius 2 is 1.77 bits per heavy atom. The van der Waals surface area contributed by atoms with Crippen LogP contribution in [-0.4, -0.2) is 39.7 Å². The van der Waals surface area contributed by atoms with Crippen LogP contribution in [0.25, 0.3) is 0 Å². The smallest absolute Gasteiger partial charge is 0.427 e. The highest BCUT2D eigenvalue weighted by atomic mass is 16.5. The third-order valence-corrected chi connectivity index (χ3v) is 4.34. The second-order valence-corrected chi connectivity index (χ2v) is 7.02. The van der Waals surface area contributed by atoms with Crippen molar-refractivity contribution in [1.29, 1.82) is 0 Å². The average molecular weight is 415 g/mol. The first kappa shape index (κ1) is 23.1. The number of carbonyl (C=O) groups is 1. The van der Waals surface area contributed by atoms with Gasteiger partial charge in [-0.3, -0.25) is 0 Å². The van der Waals surface area contributed by atoms with Gasteiger partial charge in [-0.25, -0.2) is 10.2 Å². The first-order chi connectivity index (χ1) is 14.4. The summed E-state index contributed by atoms with van der Waals surface area (Å²) in [6, 6.07) is 11.7. The number of amides is 1. The zero-order chi connectivity index (χ0) is 21.9. The molecule has 0 radical (unpaired) electrons. The molecule has 0 aliphatic carbocycles. The zero-order valence-electron chi connectivity index (χ0n) is 18.2. The number of hydrogen-bond donors (Lipinski definition) is 1. The molecule has 0 spiro atoms. The summed E-state index contributed by atoms with van der Waals surface area (Å²) in [6.45, 7) is 7.44. The number of rotatable bonds is 10. The molecule has 2 aromatic rings. The number of carbonyl (C=O) groups excluding carboxylic acids is 1. The standard InChI is InChI=1S/C23H30N2O5/c1-16(2)19-9-7-17(3)13-21(19)30-12-6-11-29-20-10-8-18(14-22(20)27-4)15-24-25-23(26)28-5/h7-10,13-16H,6,11-12H2,1-5H3,(H,25,26)/b24-15-. The summed E-state index contributed by atoms with van der Waals surface area (Å²) in [4.78, 5) is 11.0. The third kappa shape index (κ3) is 6.99. The molecule has 0 heterocycles. The van der Waals surface area contributed by atoms with Gasteiger partial charge >= 0.3 is 6.09 Å². The number of nitrogens with zero attached hydrogens (tertiary/aromatic N) is 1. The fourth-order valence-corrected chi connectivity index (χ4v) is 2.76. The fraction of sp³-hybridized carbons (Fsp3) is 0.391. The molecule has 1 N–H and O–H groups in total. The Morgan fingerprint density at radius 3 is 2.43 bits per heavy atom. The summed E-state index contributed by atoms with van der Waals surface area (Å²) >= 11 is 0. The average Bonchev–Trinajstić information content (AvgIpc) is 2.73. The molecule has 0 atom stereocenters. The number of hydrazone groups is 1. The van der Waals surface area contributed by atoms with Crippen LogP contribution < -0.4 is 19.6 Å². The van der Waals surface area contributed by atoms with Crippen LogP contribution in [0.5, 0.6) is 17.2 Å². The van der Waals surface area contributed by atoms with Gasteiger partial charge in [-0.2, -0.15) is 5.10 Å². The minimum absolute atomic E-state index is 0.408. The van der Waals surface area contributed by atoms with Gasteiger partial charge in [0.1, 0.15) is 5.75 Å². The number of benzene rings is 2. The molecule has 0 saturated carbocycles. The van der Waals surface area contributed by atoms with E-state index in [1.54, 1.807) is 19.2 Å². The molecular weight excluding hydrogens is 384 g/mol. The number of ether oxygens (including phenoxy) is 4. The Hall–Kier alpha value is -3.22. The molecule has 2 aromatic carbocycles. The van der Waals surface area contributed by atoms with Gasteiger partial charge in [0.2, 0.25) is 0 Å². The maximum absolute atomic E-state index is 11.0. The lowest BCUT2D eigenvalue weighted by atomic mass is 10.0. The second kappa shape index (κ2) is 11.7. The van der Waals surface area contributed by atoms with E-state index in [4.69, 9.17) is 14.2 Å². The van der Waals surface area contributed by atoms with Crippen molar-refractivity contribution in [3.8, 4) is 17.2 Å². The molecule has 0 aliphatic heterocycles. The molecule has 0 bridgehead atoms. The molecule has 0 saturated heterocycles. The highest BCUT2D eigenvalue weighted by Crippen LogP contribution is 2.29. The Labute approximate surface area is 178 Å². The normalized spacial score (nSPS) is 10.9. The van der Waals surface area contributed by atoms with Crippen LogP contribution in [-0.2, 0) is 4.74 Å². The maximum atomic E-state index is 11.0. The van der Waals surface area contributed by atoms with E-state index in [1.807, 2.05) is 6.07 Å². The van der Waals surface area contributed by atoms with Crippen molar-refractivity contribution in [2.45, 2.75) is 33.1 Å². The minimum atomic E-state index is -0.633. The van der Waals surface area contributed by atoms with Crippen molar-refractivity contribution < 1.29 is 23.7 Å². The fourth-order valence-electron chi connectivity index (χ4n) is 2.76. The molecule has 30 heavy (non-hydrogen) atoms. The molecule has 0 aliphatic rings. The third-order valence-electron chi connectivity index (χ3n) is 4.34. The van der Waals surface area contributed by atoms with Crippen LogP contribution >= 0.6 is 0 Å². The molecule has 162 valence electrons. The van der Waals surface area contributed by atoms with Crippen LogP contribution in [0.1, 0.15) is 42.9 Å². The highest BCUT2D eigenvalue weighted by molar-refractivity contribution is 5.82. The van der Waals surface area contributed by atoms with E-state index in [1.165, 1.54) is 24.5 Å². The molecule has 1 amide bonds. The van der Waals surface area contributed by atoms with Crippen molar-refractivity contribution in [3.05, 3.63) is 53.1 Å². The van der Waals surface area contributed by atoms with Crippen molar-refractivity contribution in [1.82, 2.24) is 5.43 Å². The van der Waals surface area contributed by atoms with E-state index >= 15 is 0 Å². The molecule has 0 unspecified atom stereocenters. The van der Waals surface area contributed by atoms with Gasteiger partial charge in [0.05, 0.1) is 33.6 Å². The second-order valence-electron chi connectivity index (χ2n) is 7.02. The van der Waals surface area contributed by atoms with Gasteiger partial charge in [0, 0.05) is 6.42 Å². The molecule has 7 heteroatoms. The summed E-state index contributed by atoms with van der Waals surface area (Å²) < 4.78 is 21.7. The van der Waals surface area contributed by atoms with E-state index in [0.29, 0.717) is 30.6 Å². The summed E-state index contributed by atoms with van der Waals surface area (Å²) in [7, 11) is 2.85. The van der Waals surface area contributed by atoms with Gasteiger partial charge in [-0.15, -0.1) is 0 Å². The van der Waals surface area contributed by atoms with Crippen molar-refractivity contribution in [2.24, 2.45) is 5.10 Å². The summed E-state index contributed by atoms with van der Waals surface area (Å²) in [6.07, 6.45) is 1.60. The summed E-state index contributed by atoms with van der Waals surface area (Å²) in [5, 5.41) is 3.80. The van der Waals surface area contributed by atoms with Crippen LogP contribution in [0, 0.1) is 6.92 Å². The van der Waals surface area contributed by atoms with Crippen molar-refractivity contribution in [2.75, 3.05) is 27.4 Å². The molecule has 2 rings (SSSR count). The number of methoxy groups -OCH3 is 2. The first-order valence-corrected chi connectivity index (χ1v) is 9.85. The lowest BCUT2D eigenvalue weighted by Crippen LogP contribution is -2.16. The number of aryl methyl sites for hydroxylation is 1. The van der Waals surface area contributed by atoms with Crippen LogP contribution in [0.4, 0.5) is 4.79 Å². The Kier molecular flexibility index (Phi) is 9.00. The largest absolute Gasteiger partial charge is 0.493 e. The summed E-state index contributed by atoms with van der Waals surface area (Å²) in [5.74, 6) is 2.56. The molecule has 7 nitrogen and oxygen atoms in total. The predicted molar refractivity (Wildman–Crippen MR) is 117 cm³/mol. The van der Waals surface area contributed by atoms with Crippen molar-refractivity contribution >= 4 is 12.3 Å². The molecular formula is C23H30N2O5. The van der Waals surface area contributed by atoms with E-state index in [2.05, 4.69) is 54.2 Å². The first-order valence-electron chi connectivity index (χ1n) is 9.85. The van der Waals surface area contributed by atoms with Crippen LogP contribution in [0.2, 0.25) is 0 Å². The Morgan fingerprint density at radius 1 is 1.03 bits per heavy atom. The SMILES string of the molecule is COC(=O)N/N=C\c1ccc(OCCCOc2cc(C)ccc2C(C)C)c(OC)c1. The van der Waals surface area contributed by atoms with Crippen LogP contribution in [0.15, 0.2) is 41.5 Å². The van der Waals surface area contributed by atoms with Crippen LogP contribution in [0.3, 0.4) is 0 Å². The van der Waals surface area contributed by atoms with Gasteiger partial charge in [-0.1, -0.05) is 26.0 Å². The van der Waals surface area contributed by atoms with E-state index < -0.39 is 6.09 Å². The lowest BCUT2D eigenvalue weighted by molar-refractivity contribution is 0.171. The zero-order valence-corrected chi connectivity index (χ0v) is 18.2. The highest BCUT2D eigenvalue weighted by Gasteiger charge is 2.09.